The minimum absolute atomic E-state index is 0.140. The first-order valence-electron chi connectivity index (χ1n) is 8.34. The largest absolute Gasteiger partial charge is 0.464 e. The normalized spacial score (nSPS) is 11.3. The first-order valence-corrected chi connectivity index (χ1v) is 10.1. The molecule has 0 spiro atoms. The maximum absolute atomic E-state index is 12.1. The summed E-state index contributed by atoms with van der Waals surface area (Å²) in [6.07, 6.45) is 1.92. The average molecular weight is 460 g/mol. The molecule has 0 fully saturated rings. The van der Waals surface area contributed by atoms with Gasteiger partial charge in [-0.2, -0.15) is 5.10 Å². The minimum atomic E-state index is -0.543. The molecule has 144 valence electrons. The van der Waals surface area contributed by atoms with E-state index in [4.69, 9.17) is 9.57 Å². The van der Waals surface area contributed by atoms with Gasteiger partial charge in [0.2, 0.25) is 0 Å². The van der Waals surface area contributed by atoms with Crippen molar-refractivity contribution in [2.45, 2.75) is 10.8 Å². The molecule has 0 N–H and O–H groups in total. The molecule has 3 aromatic rings. The molecule has 6 nitrogen and oxygen atoms in total. The van der Waals surface area contributed by atoms with Crippen LogP contribution < -0.4 is 0 Å². The maximum atomic E-state index is 12.1. The van der Waals surface area contributed by atoms with Crippen molar-refractivity contribution in [3.8, 4) is 5.69 Å². The lowest BCUT2D eigenvalue weighted by atomic mass is 10.0. The van der Waals surface area contributed by atoms with Gasteiger partial charge in [-0.25, -0.2) is 9.48 Å². The molecule has 0 atom stereocenters. The van der Waals surface area contributed by atoms with Crippen molar-refractivity contribution in [3.05, 3.63) is 76.4 Å². The molecule has 3 rings (SSSR count). The fourth-order valence-electron chi connectivity index (χ4n) is 2.54. The minimum Gasteiger partial charge on any atom is -0.464 e. The molecule has 0 aliphatic heterocycles. The number of benzene rings is 2. The summed E-state index contributed by atoms with van der Waals surface area (Å²) in [7, 11) is 2.72. The summed E-state index contributed by atoms with van der Waals surface area (Å²) in [5.41, 5.74) is 2.74. The van der Waals surface area contributed by atoms with Crippen molar-refractivity contribution >= 4 is 39.4 Å². The second-order valence-corrected chi connectivity index (χ2v) is 7.55. The van der Waals surface area contributed by atoms with Gasteiger partial charge >= 0.3 is 5.97 Å². The first kappa shape index (κ1) is 20.2. The predicted molar refractivity (Wildman–Crippen MR) is 113 cm³/mol. The molecule has 0 aliphatic carbocycles. The zero-order valence-electron chi connectivity index (χ0n) is 15.3. The van der Waals surface area contributed by atoms with Crippen molar-refractivity contribution in [1.29, 1.82) is 0 Å². The lowest BCUT2D eigenvalue weighted by Gasteiger charge is -2.09. The molecule has 1 heterocycles. The third-order valence-corrected chi connectivity index (χ3v) is 5.36. The van der Waals surface area contributed by atoms with Gasteiger partial charge in [-0.3, -0.25) is 0 Å². The van der Waals surface area contributed by atoms with Crippen LogP contribution >= 0.6 is 27.7 Å². The molecule has 0 amide bonds. The predicted octanol–water partition coefficient (Wildman–Crippen LogP) is 4.45. The van der Waals surface area contributed by atoms with Crippen molar-refractivity contribution in [3.63, 3.8) is 0 Å². The van der Waals surface area contributed by atoms with Crippen molar-refractivity contribution in [2.75, 3.05) is 14.2 Å². The number of carbonyl (C=O) groups excluding carboxylic acids is 1. The van der Waals surface area contributed by atoms with E-state index in [1.54, 1.807) is 11.8 Å². The van der Waals surface area contributed by atoms with Crippen LogP contribution in [-0.2, 0) is 20.1 Å². The Kier molecular flexibility index (Phi) is 6.89. The maximum Gasteiger partial charge on any atom is 0.360 e. The number of hydrogen-bond donors (Lipinski definition) is 0. The zero-order valence-corrected chi connectivity index (χ0v) is 17.7. The topological polar surface area (TPSA) is 65.7 Å². The van der Waals surface area contributed by atoms with Gasteiger partial charge in [-0.15, -0.1) is 0 Å². The lowest BCUT2D eigenvalue weighted by Crippen LogP contribution is -2.19. The third kappa shape index (κ3) is 4.82. The molecular weight excluding hydrogens is 442 g/mol. The van der Waals surface area contributed by atoms with E-state index < -0.39 is 5.97 Å². The zero-order chi connectivity index (χ0) is 19.9. The van der Waals surface area contributed by atoms with Gasteiger partial charge in [0.1, 0.15) is 12.1 Å². The van der Waals surface area contributed by atoms with Crippen LogP contribution in [-0.4, -0.2) is 35.7 Å². The van der Waals surface area contributed by atoms with Gasteiger partial charge in [0, 0.05) is 22.0 Å². The highest BCUT2D eigenvalue weighted by molar-refractivity contribution is 9.10. The fourth-order valence-corrected chi connectivity index (χ4v) is 3.66. The van der Waals surface area contributed by atoms with Gasteiger partial charge in [-0.1, -0.05) is 57.1 Å². The molecular formula is C20H18BrN3O3S. The Bertz CT molecular complexity index is 986. The molecule has 0 saturated carbocycles. The molecule has 8 heteroatoms. The van der Waals surface area contributed by atoms with Gasteiger partial charge in [0.15, 0.2) is 5.71 Å². The number of hydrogen-bond acceptors (Lipinski definition) is 6. The summed E-state index contributed by atoms with van der Waals surface area (Å²) in [4.78, 5) is 16.9. The third-order valence-electron chi connectivity index (χ3n) is 3.87. The highest BCUT2D eigenvalue weighted by Crippen LogP contribution is 2.25. The van der Waals surface area contributed by atoms with Crippen LogP contribution in [0.2, 0.25) is 0 Å². The van der Waals surface area contributed by atoms with E-state index in [9.17, 15) is 4.79 Å². The molecule has 2 aromatic carbocycles. The Labute approximate surface area is 175 Å². The summed E-state index contributed by atoms with van der Waals surface area (Å²) in [5.74, 6) is 0.0755. The number of methoxy groups -OCH3 is 1. The summed E-state index contributed by atoms with van der Waals surface area (Å²) in [5, 5.41) is 9.32. The quantitative estimate of drug-likeness (QED) is 0.226. The molecule has 0 unspecified atom stereocenters. The summed E-state index contributed by atoms with van der Waals surface area (Å²) >= 11 is 5.01. The Morgan fingerprint density at radius 1 is 1.14 bits per heavy atom. The smallest absolute Gasteiger partial charge is 0.360 e. The monoisotopic (exact) mass is 459 g/mol. The number of oxime groups is 1. The van der Waals surface area contributed by atoms with Crippen LogP contribution in [0.1, 0.15) is 11.1 Å². The van der Waals surface area contributed by atoms with Gasteiger partial charge in [-0.05, 0) is 35.9 Å². The Morgan fingerprint density at radius 2 is 1.89 bits per heavy atom. The van der Waals surface area contributed by atoms with Crippen molar-refractivity contribution < 1.29 is 14.4 Å². The van der Waals surface area contributed by atoms with E-state index in [-0.39, 0.29) is 5.71 Å². The number of nitrogens with zero attached hydrogens (tertiary/aromatic N) is 3. The van der Waals surface area contributed by atoms with E-state index in [0.717, 1.165) is 20.7 Å². The number of ether oxygens (including phenoxy) is 1. The second-order valence-electron chi connectivity index (χ2n) is 5.63. The number of carbonyl (C=O) groups is 1. The van der Waals surface area contributed by atoms with Crippen LogP contribution in [0, 0.1) is 0 Å². The number of halogens is 1. The van der Waals surface area contributed by atoms with E-state index >= 15 is 0 Å². The lowest BCUT2D eigenvalue weighted by molar-refractivity contribution is -0.132. The Morgan fingerprint density at radius 3 is 2.61 bits per heavy atom. The summed E-state index contributed by atoms with van der Waals surface area (Å²) < 4.78 is 7.67. The van der Waals surface area contributed by atoms with E-state index in [0.29, 0.717) is 11.3 Å². The van der Waals surface area contributed by atoms with Crippen LogP contribution in [0.15, 0.2) is 75.4 Å². The Balaban J connectivity index is 1.78. The van der Waals surface area contributed by atoms with E-state index in [1.807, 2.05) is 65.5 Å². The van der Waals surface area contributed by atoms with Crippen molar-refractivity contribution in [1.82, 2.24) is 9.78 Å². The van der Waals surface area contributed by atoms with Gasteiger partial charge < -0.3 is 9.57 Å². The van der Waals surface area contributed by atoms with Gasteiger partial charge in [0.25, 0.3) is 0 Å². The van der Waals surface area contributed by atoms with Crippen molar-refractivity contribution in [2.24, 2.45) is 5.16 Å². The fraction of sp³-hybridized carbons (Fsp3) is 0.150. The van der Waals surface area contributed by atoms with Gasteiger partial charge in [0.05, 0.1) is 12.8 Å². The van der Waals surface area contributed by atoms with Crippen LogP contribution in [0.3, 0.4) is 0 Å². The molecule has 0 bridgehead atoms. The molecule has 1 aromatic heterocycles. The van der Waals surface area contributed by atoms with Crippen LogP contribution in [0.5, 0.6) is 0 Å². The number of thioether (sulfide) groups is 1. The number of aromatic nitrogens is 2. The van der Waals surface area contributed by atoms with E-state index in [1.165, 1.54) is 14.2 Å². The van der Waals surface area contributed by atoms with E-state index in [2.05, 4.69) is 26.2 Å². The Hall–Kier alpha value is -2.58. The van der Waals surface area contributed by atoms with Crippen LogP contribution in [0.4, 0.5) is 0 Å². The highest BCUT2D eigenvalue weighted by atomic mass is 79.9. The standard InChI is InChI=1S/C20H18BrN3O3S/c1-26-20(25)19(23-27-2)17-6-4-3-5-14(17)13-28-18-11-12-24(22-18)16-9-7-15(21)8-10-16/h3-12H,13H2,1-2H3/b23-19-. The number of rotatable bonds is 7. The molecule has 28 heavy (non-hydrogen) atoms. The molecule has 0 aliphatic rings. The summed E-state index contributed by atoms with van der Waals surface area (Å²) in [6.45, 7) is 0. The average Bonchev–Trinajstić information content (AvgIpc) is 3.20. The second kappa shape index (κ2) is 9.57. The van der Waals surface area contributed by atoms with Crippen LogP contribution in [0.25, 0.3) is 5.69 Å². The molecule has 0 radical (unpaired) electrons. The first-order chi connectivity index (χ1) is 13.6. The number of esters is 1. The SMILES string of the molecule is CO/N=C(\C(=O)OC)c1ccccc1CSc1ccn(-c2ccc(Br)cc2)n1. The summed E-state index contributed by atoms with van der Waals surface area (Å²) in [6, 6.07) is 17.4. The molecule has 0 saturated heterocycles. The highest BCUT2D eigenvalue weighted by Gasteiger charge is 2.19.